The molecule has 0 radical (unpaired) electrons. The van der Waals surface area contributed by atoms with Crippen molar-refractivity contribution < 1.29 is 4.92 Å². The minimum atomic E-state index is -0.315. The predicted octanol–water partition coefficient (Wildman–Crippen LogP) is 3.05. The molecule has 1 saturated heterocycles. The summed E-state index contributed by atoms with van der Waals surface area (Å²) in [7, 11) is 0. The van der Waals surface area contributed by atoms with Crippen molar-refractivity contribution in [3.8, 4) is 0 Å². The predicted molar refractivity (Wildman–Crippen MR) is 81.1 cm³/mol. The number of benzene rings is 1. The fourth-order valence-electron chi connectivity index (χ4n) is 2.78. The van der Waals surface area contributed by atoms with Gasteiger partial charge in [0.25, 0.3) is 5.69 Å². The number of aryl methyl sites for hydroxylation is 1. The zero-order chi connectivity index (χ0) is 14.7. The highest BCUT2D eigenvalue weighted by Crippen LogP contribution is 2.28. The van der Waals surface area contributed by atoms with Crippen molar-refractivity contribution in [2.24, 2.45) is 5.92 Å². The van der Waals surface area contributed by atoms with Crippen molar-refractivity contribution >= 4 is 11.4 Å². The van der Waals surface area contributed by atoms with E-state index in [-0.39, 0.29) is 10.6 Å². The Balaban J connectivity index is 2.00. The molecule has 0 bridgehead atoms. The lowest BCUT2D eigenvalue weighted by Crippen LogP contribution is -2.29. The molecular weight excluding hydrogens is 254 g/mol. The molecule has 1 fully saturated rings. The van der Waals surface area contributed by atoms with E-state index in [9.17, 15) is 10.1 Å². The van der Waals surface area contributed by atoms with Crippen LogP contribution in [0.3, 0.4) is 0 Å². The molecule has 0 aliphatic carbocycles. The Labute approximate surface area is 120 Å². The van der Waals surface area contributed by atoms with E-state index in [1.807, 2.05) is 13.0 Å². The van der Waals surface area contributed by atoms with Crippen LogP contribution in [0.5, 0.6) is 0 Å². The summed E-state index contributed by atoms with van der Waals surface area (Å²) in [5, 5.41) is 14.4. The average Bonchev–Trinajstić information content (AvgIpc) is 2.86. The van der Waals surface area contributed by atoms with Crippen molar-refractivity contribution in [2.75, 3.05) is 25.0 Å². The number of likely N-dealkylation sites (tertiary alicyclic amines) is 1. The van der Waals surface area contributed by atoms with Crippen LogP contribution in [-0.4, -0.2) is 35.5 Å². The Kier molecular flexibility index (Phi) is 4.60. The topological polar surface area (TPSA) is 58.4 Å². The molecule has 1 aromatic rings. The van der Waals surface area contributed by atoms with Gasteiger partial charge in [-0.25, -0.2) is 0 Å². The third kappa shape index (κ3) is 3.28. The lowest BCUT2D eigenvalue weighted by molar-refractivity contribution is -0.384. The highest BCUT2D eigenvalue weighted by Gasteiger charge is 2.25. The van der Waals surface area contributed by atoms with Gasteiger partial charge in [0, 0.05) is 25.2 Å². The van der Waals surface area contributed by atoms with Crippen LogP contribution in [0.1, 0.15) is 25.8 Å². The van der Waals surface area contributed by atoms with E-state index in [2.05, 4.69) is 24.1 Å². The quantitative estimate of drug-likeness (QED) is 0.664. The molecule has 20 heavy (non-hydrogen) atoms. The second kappa shape index (κ2) is 6.22. The van der Waals surface area contributed by atoms with Crippen molar-refractivity contribution in [3.63, 3.8) is 0 Å². The highest BCUT2D eigenvalue weighted by atomic mass is 16.6. The molecule has 1 unspecified atom stereocenters. The van der Waals surface area contributed by atoms with Gasteiger partial charge in [-0.05, 0) is 45.2 Å². The van der Waals surface area contributed by atoms with Crippen LogP contribution in [0.2, 0.25) is 0 Å². The van der Waals surface area contributed by atoms with Crippen LogP contribution < -0.4 is 5.32 Å². The SMILES string of the molecule is Cc1cccc([N+](=O)[O-])c1NCC1CCN(C(C)C)C1. The molecule has 0 amide bonds. The van der Waals surface area contributed by atoms with Gasteiger partial charge in [-0.3, -0.25) is 10.1 Å². The van der Waals surface area contributed by atoms with Crippen LogP contribution in [0, 0.1) is 23.0 Å². The third-order valence-corrected chi connectivity index (χ3v) is 4.06. The Bertz CT molecular complexity index is 488. The number of nitrogens with one attached hydrogen (secondary N) is 1. The Morgan fingerprint density at radius 3 is 2.85 bits per heavy atom. The van der Waals surface area contributed by atoms with Crippen molar-refractivity contribution in [2.45, 2.75) is 33.2 Å². The second-order valence-corrected chi connectivity index (χ2v) is 5.85. The molecule has 1 aliphatic heterocycles. The number of nitro benzene ring substituents is 1. The van der Waals surface area contributed by atoms with Gasteiger partial charge in [-0.2, -0.15) is 0 Å². The molecular formula is C15H23N3O2. The van der Waals surface area contributed by atoms with E-state index in [1.54, 1.807) is 12.1 Å². The first-order valence-corrected chi connectivity index (χ1v) is 7.21. The molecule has 1 heterocycles. The number of para-hydroxylation sites is 1. The summed E-state index contributed by atoms with van der Waals surface area (Å²) in [5.41, 5.74) is 1.77. The highest BCUT2D eigenvalue weighted by molar-refractivity contribution is 5.65. The number of rotatable bonds is 5. The maximum Gasteiger partial charge on any atom is 0.292 e. The van der Waals surface area contributed by atoms with Gasteiger partial charge >= 0.3 is 0 Å². The van der Waals surface area contributed by atoms with Gasteiger partial charge < -0.3 is 10.2 Å². The lowest BCUT2D eigenvalue weighted by atomic mass is 10.1. The largest absolute Gasteiger partial charge is 0.379 e. The number of nitro groups is 1. The van der Waals surface area contributed by atoms with Crippen LogP contribution in [0.15, 0.2) is 18.2 Å². The van der Waals surface area contributed by atoms with Crippen molar-refractivity contribution in [1.82, 2.24) is 4.90 Å². The van der Waals surface area contributed by atoms with E-state index in [4.69, 9.17) is 0 Å². The number of anilines is 1. The number of hydrogen-bond donors (Lipinski definition) is 1. The zero-order valence-electron chi connectivity index (χ0n) is 12.4. The Morgan fingerprint density at radius 1 is 1.50 bits per heavy atom. The number of nitrogens with zero attached hydrogens (tertiary/aromatic N) is 2. The van der Waals surface area contributed by atoms with Crippen molar-refractivity contribution in [3.05, 3.63) is 33.9 Å². The van der Waals surface area contributed by atoms with E-state index in [0.29, 0.717) is 17.6 Å². The molecule has 2 rings (SSSR count). The summed E-state index contributed by atoms with van der Waals surface area (Å²) in [4.78, 5) is 13.2. The maximum absolute atomic E-state index is 11.1. The Morgan fingerprint density at radius 2 is 2.25 bits per heavy atom. The Hall–Kier alpha value is -1.62. The minimum Gasteiger partial charge on any atom is -0.379 e. The normalized spacial score (nSPS) is 19.5. The molecule has 1 aliphatic rings. The first-order valence-electron chi connectivity index (χ1n) is 7.21. The first-order chi connectivity index (χ1) is 9.49. The summed E-state index contributed by atoms with van der Waals surface area (Å²) in [6.07, 6.45) is 1.16. The van der Waals surface area contributed by atoms with Gasteiger partial charge in [0.15, 0.2) is 0 Å². The summed E-state index contributed by atoms with van der Waals surface area (Å²) in [6.45, 7) is 9.33. The van der Waals surface area contributed by atoms with Gasteiger partial charge in [0.2, 0.25) is 0 Å². The van der Waals surface area contributed by atoms with Crippen LogP contribution in [-0.2, 0) is 0 Å². The van der Waals surface area contributed by atoms with E-state index in [1.165, 1.54) is 0 Å². The molecule has 0 saturated carbocycles. The van der Waals surface area contributed by atoms with Gasteiger partial charge in [0.1, 0.15) is 5.69 Å². The van der Waals surface area contributed by atoms with Crippen LogP contribution in [0.25, 0.3) is 0 Å². The maximum atomic E-state index is 11.1. The van der Waals surface area contributed by atoms with Gasteiger partial charge in [0.05, 0.1) is 4.92 Å². The first kappa shape index (κ1) is 14.8. The lowest BCUT2D eigenvalue weighted by Gasteiger charge is -2.20. The molecule has 0 spiro atoms. The average molecular weight is 277 g/mol. The van der Waals surface area contributed by atoms with E-state index in [0.717, 1.165) is 31.6 Å². The monoisotopic (exact) mass is 277 g/mol. The zero-order valence-corrected chi connectivity index (χ0v) is 12.4. The molecule has 110 valence electrons. The fraction of sp³-hybridized carbons (Fsp3) is 0.600. The molecule has 1 aromatic carbocycles. The van der Waals surface area contributed by atoms with Gasteiger partial charge in [-0.1, -0.05) is 12.1 Å². The van der Waals surface area contributed by atoms with Crippen LogP contribution in [0.4, 0.5) is 11.4 Å². The standard InChI is InChI=1S/C15H23N3O2/c1-11(2)17-8-7-13(10-17)9-16-15-12(3)5-4-6-14(15)18(19)20/h4-6,11,13,16H,7-10H2,1-3H3. The molecule has 1 atom stereocenters. The van der Waals surface area contributed by atoms with Gasteiger partial charge in [-0.15, -0.1) is 0 Å². The summed E-state index contributed by atoms with van der Waals surface area (Å²) in [5.74, 6) is 0.566. The summed E-state index contributed by atoms with van der Waals surface area (Å²) < 4.78 is 0. The number of hydrogen-bond acceptors (Lipinski definition) is 4. The molecule has 5 nitrogen and oxygen atoms in total. The molecule has 0 aromatic heterocycles. The molecule has 5 heteroatoms. The van der Waals surface area contributed by atoms with Crippen LogP contribution >= 0.6 is 0 Å². The summed E-state index contributed by atoms with van der Waals surface area (Å²) in [6, 6.07) is 5.77. The molecule has 1 N–H and O–H groups in total. The second-order valence-electron chi connectivity index (χ2n) is 5.85. The van der Waals surface area contributed by atoms with E-state index < -0.39 is 0 Å². The van der Waals surface area contributed by atoms with E-state index >= 15 is 0 Å². The fourth-order valence-corrected chi connectivity index (χ4v) is 2.78. The minimum absolute atomic E-state index is 0.170. The summed E-state index contributed by atoms with van der Waals surface area (Å²) >= 11 is 0. The third-order valence-electron chi connectivity index (χ3n) is 4.06. The van der Waals surface area contributed by atoms with Crippen molar-refractivity contribution in [1.29, 1.82) is 0 Å². The smallest absolute Gasteiger partial charge is 0.292 e.